The van der Waals surface area contributed by atoms with Crippen molar-refractivity contribution in [3.63, 3.8) is 0 Å². The molecule has 0 fully saturated rings. The highest BCUT2D eigenvalue weighted by molar-refractivity contribution is 5.00. The van der Waals surface area contributed by atoms with Crippen LogP contribution < -0.4 is 5.32 Å². The van der Waals surface area contributed by atoms with Crippen LogP contribution in [-0.4, -0.2) is 13.1 Å². The quantitative estimate of drug-likeness (QED) is 0.815. The molecule has 1 N–H and O–H groups in total. The van der Waals surface area contributed by atoms with E-state index < -0.39 is 0 Å². The maximum atomic E-state index is 5.46. The Morgan fingerprint density at radius 3 is 2.41 bits per heavy atom. The predicted octanol–water partition coefficient (Wildman–Crippen LogP) is 3.73. The zero-order valence-electron chi connectivity index (χ0n) is 11.9. The molecule has 0 amide bonds. The number of nitrogens with one attached hydrogen (secondary N) is 1. The van der Waals surface area contributed by atoms with E-state index in [0.717, 1.165) is 25.3 Å². The highest BCUT2D eigenvalue weighted by Gasteiger charge is 2.25. The highest BCUT2D eigenvalue weighted by Crippen LogP contribution is 2.28. The van der Waals surface area contributed by atoms with Crippen molar-refractivity contribution in [3.8, 4) is 0 Å². The van der Waals surface area contributed by atoms with Gasteiger partial charge < -0.3 is 9.73 Å². The zero-order chi connectivity index (χ0) is 12.9. The second-order valence-corrected chi connectivity index (χ2v) is 6.40. The van der Waals surface area contributed by atoms with Crippen LogP contribution in [0.15, 0.2) is 22.8 Å². The smallest absolute Gasteiger partial charge is 0.104 e. The van der Waals surface area contributed by atoms with Crippen LogP contribution in [0.4, 0.5) is 0 Å². The van der Waals surface area contributed by atoms with Gasteiger partial charge in [0.25, 0.3) is 0 Å². The Bertz CT molecular complexity index is 295. The van der Waals surface area contributed by atoms with Gasteiger partial charge in [-0.15, -0.1) is 0 Å². The summed E-state index contributed by atoms with van der Waals surface area (Å²) in [6.07, 6.45) is 2.78. The van der Waals surface area contributed by atoms with E-state index in [1.54, 1.807) is 6.26 Å². The molecule has 0 saturated carbocycles. The molecule has 1 aromatic heterocycles. The van der Waals surface area contributed by atoms with Gasteiger partial charge >= 0.3 is 0 Å². The molecule has 0 saturated heterocycles. The van der Waals surface area contributed by atoms with E-state index in [4.69, 9.17) is 4.42 Å². The molecule has 0 aliphatic carbocycles. The van der Waals surface area contributed by atoms with Crippen LogP contribution in [0.1, 0.15) is 40.4 Å². The fourth-order valence-corrected chi connectivity index (χ4v) is 1.90. The summed E-state index contributed by atoms with van der Waals surface area (Å²) in [5, 5.41) is 3.56. The third-order valence-electron chi connectivity index (χ3n) is 3.20. The molecular weight excluding hydrogens is 210 g/mol. The van der Waals surface area contributed by atoms with Gasteiger partial charge in [0, 0.05) is 6.42 Å². The van der Waals surface area contributed by atoms with Gasteiger partial charge in [0.05, 0.1) is 6.26 Å². The largest absolute Gasteiger partial charge is 0.469 e. The molecule has 0 aliphatic heterocycles. The summed E-state index contributed by atoms with van der Waals surface area (Å²) >= 11 is 0. The number of hydrogen-bond donors (Lipinski definition) is 1. The average Bonchev–Trinajstić information content (AvgIpc) is 2.66. The number of rotatable bonds is 6. The lowest BCUT2D eigenvalue weighted by Gasteiger charge is -2.30. The molecule has 1 rings (SSSR count). The molecule has 17 heavy (non-hydrogen) atoms. The van der Waals surface area contributed by atoms with Crippen LogP contribution in [0, 0.1) is 17.3 Å². The van der Waals surface area contributed by atoms with Crippen molar-refractivity contribution in [2.75, 3.05) is 13.1 Å². The lowest BCUT2D eigenvalue weighted by molar-refractivity contribution is 0.218. The first-order valence-corrected chi connectivity index (χ1v) is 6.62. The van der Waals surface area contributed by atoms with Crippen molar-refractivity contribution >= 4 is 0 Å². The first kappa shape index (κ1) is 14.3. The third kappa shape index (κ3) is 5.40. The van der Waals surface area contributed by atoms with Crippen LogP contribution in [0.25, 0.3) is 0 Å². The number of furan rings is 1. The van der Waals surface area contributed by atoms with E-state index in [2.05, 4.69) is 46.0 Å². The molecule has 0 aromatic carbocycles. The first-order chi connectivity index (χ1) is 7.89. The Balaban J connectivity index is 2.50. The molecule has 2 nitrogen and oxygen atoms in total. The molecule has 0 spiro atoms. The zero-order valence-corrected chi connectivity index (χ0v) is 11.9. The van der Waals surface area contributed by atoms with Crippen LogP contribution in [0.5, 0.6) is 0 Å². The van der Waals surface area contributed by atoms with Crippen LogP contribution in [-0.2, 0) is 6.42 Å². The Morgan fingerprint density at radius 1 is 1.24 bits per heavy atom. The fourth-order valence-electron chi connectivity index (χ4n) is 1.90. The molecule has 0 aliphatic rings. The van der Waals surface area contributed by atoms with E-state index in [-0.39, 0.29) is 0 Å². The SMILES string of the molecule is CC(C)CNCC(Cc1ccco1)C(C)(C)C. The van der Waals surface area contributed by atoms with E-state index in [0.29, 0.717) is 17.3 Å². The molecule has 98 valence electrons. The molecule has 0 radical (unpaired) electrons. The number of hydrogen-bond acceptors (Lipinski definition) is 2. The maximum Gasteiger partial charge on any atom is 0.104 e. The second kappa shape index (κ2) is 6.25. The van der Waals surface area contributed by atoms with Gasteiger partial charge in [0.1, 0.15) is 5.76 Å². The van der Waals surface area contributed by atoms with Crippen LogP contribution in [0.3, 0.4) is 0 Å². The molecule has 0 bridgehead atoms. The minimum absolute atomic E-state index is 0.302. The highest BCUT2D eigenvalue weighted by atomic mass is 16.3. The molecule has 1 aromatic rings. The summed E-state index contributed by atoms with van der Waals surface area (Å²) in [6.45, 7) is 13.5. The molecular formula is C15H27NO. The Morgan fingerprint density at radius 2 is 1.94 bits per heavy atom. The summed E-state index contributed by atoms with van der Waals surface area (Å²) in [6, 6.07) is 4.04. The van der Waals surface area contributed by atoms with Gasteiger partial charge in [-0.05, 0) is 42.5 Å². The van der Waals surface area contributed by atoms with Crippen molar-refractivity contribution in [1.82, 2.24) is 5.32 Å². The van der Waals surface area contributed by atoms with Crippen molar-refractivity contribution in [2.45, 2.75) is 41.0 Å². The van der Waals surface area contributed by atoms with Gasteiger partial charge in [-0.25, -0.2) is 0 Å². The summed E-state index contributed by atoms with van der Waals surface area (Å²) in [4.78, 5) is 0. The monoisotopic (exact) mass is 237 g/mol. The average molecular weight is 237 g/mol. The van der Waals surface area contributed by atoms with Crippen LogP contribution >= 0.6 is 0 Å². The maximum absolute atomic E-state index is 5.46. The van der Waals surface area contributed by atoms with E-state index in [9.17, 15) is 0 Å². The molecule has 1 atom stereocenters. The minimum atomic E-state index is 0.302. The Hall–Kier alpha value is -0.760. The van der Waals surface area contributed by atoms with E-state index >= 15 is 0 Å². The lowest BCUT2D eigenvalue weighted by Crippen LogP contribution is -2.34. The Kier molecular flexibility index (Phi) is 5.26. The normalized spacial score (nSPS) is 14.2. The predicted molar refractivity (Wildman–Crippen MR) is 73.1 cm³/mol. The fraction of sp³-hybridized carbons (Fsp3) is 0.733. The van der Waals surface area contributed by atoms with Gasteiger partial charge in [-0.2, -0.15) is 0 Å². The summed E-state index contributed by atoms with van der Waals surface area (Å²) in [7, 11) is 0. The van der Waals surface area contributed by atoms with Crippen molar-refractivity contribution in [2.24, 2.45) is 17.3 Å². The first-order valence-electron chi connectivity index (χ1n) is 6.62. The van der Waals surface area contributed by atoms with Gasteiger partial charge in [0.2, 0.25) is 0 Å². The van der Waals surface area contributed by atoms with E-state index in [1.165, 1.54) is 0 Å². The third-order valence-corrected chi connectivity index (χ3v) is 3.20. The summed E-state index contributed by atoms with van der Waals surface area (Å²) in [5.74, 6) is 2.41. The van der Waals surface area contributed by atoms with Crippen molar-refractivity contribution in [1.29, 1.82) is 0 Å². The van der Waals surface area contributed by atoms with Gasteiger partial charge in [-0.1, -0.05) is 34.6 Å². The standard InChI is InChI=1S/C15H27NO/c1-12(2)10-16-11-13(15(3,4)5)9-14-7-6-8-17-14/h6-8,12-13,16H,9-11H2,1-5H3. The summed E-state index contributed by atoms with van der Waals surface area (Å²) in [5.41, 5.74) is 0.302. The molecule has 2 heteroatoms. The van der Waals surface area contributed by atoms with Gasteiger partial charge in [0.15, 0.2) is 0 Å². The van der Waals surface area contributed by atoms with Crippen LogP contribution in [0.2, 0.25) is 0 Å². The molecule has 1 heterocycles. The van der Waals surface area contributed by atoms with Crippen molar-refractivity contribution in [3.05, 3.63) is 24.2 Å². The second-order valence-electron chi connectivity index (χ2n) is 6.40. The lowest BCUT2D eigenvalue weighted by atomic mass is 9.78. The molecule has 1 unspecified atom stereocenters. The van der Waals surface area contributed by atoms with E-state index in [1.807, 2.05) is 6.07 Å². The van der Waals surface area contributed by atoms with Crippen molar-refractivity contribution < 1.29 is 4.42 Å². The Labute approximate surface area is 106 Å². The van der Waals surface area contributed by atoms with Gasteiger partial charge in [-0.3, -0.25) is 0 Å². The topological polar surface area (TPSA) is 25.2 Å². The summed E-state index contributed by atoms with van der Waals surface area (Å²) < 4.78 is 5.46. The minimum Gasteiger partial charge on any atom is -0.469 e.